The lowest BCUT2D eigenvalue weighted by Crippen LogP contribution is -2.45. The van der Waals surface area contributed by atoms with Crippen LogP contribution in [0.25, 0.3) is 0 Å². The third-order valence-corrected chi connectivity index (χ3v) is 4.62. The van der Waals surface area contributed by atoms with E-state index in [9.17, 15) is 0 Å². The molecule has 2 nitrogen and oxygen atoms in total. The molecule has 0 aromatic heterocycles. The molecule has 126 valence electrons. The molecule has 1 heterocycles. The van der Waals surface area contributed by atoms with Gasteiger partial charge in [0.05, 0.1) is 12.7 Å². The molecular formula is C19H32ClNO. The molecule has 1 aromatic carbocycles. The van der Waals surface area contributed by atoms with Crippen molar-refractivity contribution in [2.45, 2.75) is 64.5 Å². The van der Waals surface area contributed by atoms with Gasteiger partial charge in [0, 0.05) is 12.6 Å². The van der Waals surface area contributed by atoms with Crippen molar-refractivity contribution in [2.75, 3.05) is 19.7 Å². The van der Waals surface area contributed by atoms with Gasteiger partial charge in [-0.05, 0) is 25.5 Å². The van der Waals surface area contributed by atoms with Gasteiger partial charge in [0.1, 0.15) is 0 Å². The Morgan fingerprint density at radius 1 is 1.05 bits per heavy atom. The van der Waals surface area contributed by atoms with Crippen LogP contribution >= 0.6 is 12.4 Å². The number of halogens is 1. The second kappa shape index (κ2) is 11.0. The quantitative estimate of drug-likeness (QED) is 0.607. The molecule has 2 rings (SSSR count). The average Bonchev–Trinajstić information content (AvgIpc) is 2.53. The number of rotatable bonds is 8. The maximum atomic E-state index is 6.02. The maximum absolute atomic E-state index is 6.02. The summed E-state index contributed by atoms with van der Waals surface area (Å²) in [6, 6.07) is 11.2. The van der Waals surface area contributed by atoms with Gasteiger partial charge in [-0.3, -0.25) is 4.90 Å². The molecule has 1 aliphatic rings. The molecule has 0 radical (unpaired) electrons. The minimum absolute atomic E-state index is 0. The highest BCUT2D eigenvalue weighted by atomic mass is 35.5. The molecule has 2 atom stereocenters. The Balaban J connectivity index is 0.00000242. The lowest BCUT2D eigenvalue weighted by molar-refractivity contribution is -0.0673. The van der Waals surface area contributed by atoms with Gasteiger partial charge < -0.3 is 4.74 Å². The molecule has 0 saturated carbocycles. The molecule has 0 aliphatic carbocycles. The number of hydrogen-bond donors (Lipinski definition) is 0. The standard InChI is InChI=1S/C19H31NO.ClH/c1-3-4-5-6-7-11-14-20-15-16-21-19(17(20)2)18-12-9-8-10-13-18;/h8-10,12-13,17,19H,3-7,11,14-16H2,1-2H3;1H. The predicted molar refractivity (Wildman–Crippen MR) is 96.8 cm³/mol. The molecule has 0 amide bonds. The van der Waals surface area contributed by atoms with E-state index in [1.165, 1.54) is 50.6 Å². The van der Waals surface area contributed by atoms with Crippen molar-refractivity contribution in [3.8, 4) is 0 Å². The number of benzene rings is 1. The fourth-order valence-electron chi connectivity index (χ4n) is 3.26. The van der Waals surface area contributed by atoms with Crippen LogP contribution in [0.2, 0.25) is 0 Å². The Hall–Kier alpha value is -0.570. The Bertz CT molecular complexity index is 384. The van der Waals surface area contributed by atoms with Crippen molar-refractivity contribution < 1.29 is 4.74 Å². The molecule has 1 aromatic rings. The van der Waals surface area contributed by atoms with E-state index in [0.717, 1.165) is 13.2 Å². The SMILES string of the molecule is CCCCCCCCN1CCOC(c2ccccc2)C1C.Cl. The van der Waals surface area contributed by atoms with E-state index >= 15 is 0 Å². The van der Waals surface area contributed by atoms with Crippen molar-refractivity contribution in [1.29, 1.82) is 0 Å². The molecule has 1 aliphatic heterocycles. The summed E-state index contributed by atoms with van der Waals surface area (Å²) >= 11 is 0. The predicted octanol–water partition coefficient (Wildman–Crippen LogP) is 5.23. The van der Waals surface area contributed by atoms with Crippen molar-refractivity contribution >= 4 is 12.4 Å². The van der Waals surface area contributed by atoms with Gasteiger partial charge in [-0.1, -0.05) is 69.4 Å². The van der Waals surface area contributed by atoms with Crippen molar-refractivity contribution in [3.63, 3.8) is 0 Å². The monoisotopic (exact) mass is 325 g/mol. The minimum atomic E-state index is 0. The molecule has 0 bridgehead atoms. The van der Waals surface area contributed by atoms with E-state index < -0.39 is 0 Å². The number of hydrogen-bond acceptors (Lipinski definition) is 2. The molecule has 2 unspecified atom stereocenters. The van der Waals surface area contributed by atoms with Crippen LogP contribution in [0, 0.1) is 0 Å². The van der Waals surface area contributed by atoms with Gasteiger partial charge in [-0.15, -0.1) is 12.4 Å². The highest BCUT2D eigenvalue weighted by molar-refractivity contribution is 5.85. The lowest BCUT2D eigenvalue weighted by atomic mass is 10.00. The van der Waals surface area contributed by atoms with Crippen LogP contribution in [-0.2, 0) is 4.74 Å². The molecular weight excluding hydrogens is 294 g/mol. The average molecular weight is 326 g/mol. The smallest absolute Gasteiger partial charge is 0.0977 e. The first-order chi connectivity index (χ1) is 10.3. The van der Waals surface area contributed by atoms with Crippen molar-refractivity contribution in [1.82, 2.24) is 4.90 Å². The zero-order valence-corrected chi connectivity index (χ0v) is 15.0. The summed E-state index contributed by atoms with van der Waals surface area (Å²) < 4.78 is 6.02. The maximum Gasteiger partial charge on any atom is 0.0977 e. The topological polar surface area (TPSA) is 12.5 Å². The van der Waals surface area contributed by atoms with E-state index in [1.54, 1.807) is 0 Å². The first-order valence-electron chi connectivity index (χ1n) is 8.73. The first-order valence-corrected chi connectivity index (χ1v) is 8.73. The summed E-state index contributed by atoms with van der Waals surface area (Å²) in [4.78, 5) is 2.61. The van der Waals surface area contributed by atoms with Crippen molar-refractivity contribution in [3.05, 3.63) is 35.9 Å². The molecule has 1 fully saturated rings. The van der Waals surface area contributed by atoms with E-state index in [2.05, 4.69) is 49.1 Å². The largest absolute Gasteiger partial charge is 0.371 e. The summed E-state index contributed by atoms with van der Waals surface area (Å²) in [5.74, 6) is 0. The zero-order chi connectivity index (χ0) is 14.9. The van der Waals surface area contributed by atoms with Gasteiger partial charge in [0.2, 0.25) is 0 Å². The van der Waals surface area contributed by atoms with Gasteiger partial charge in [0.25, 0.3) is 0 Å². The third kappa shape index (κ3) is 5.91. The molecule has 1 saturated heterocycles. The Kier molecular flexibility index (Phi) is 9.77. The normalized spacial score (nSPS) is 22.3. The van der Waals surface area contributed by atoms with Gasteiger partial charge >= 0.3 is 0 Å². The van der Waals surface area contributed by atoms with Crippen LogP contribution in [-0.4, -0.2) is 30.6 Å². The van der Waals surface area contributed by atoms with E-state index in [4.69, 9.17) is 4.74 Å². The fraction of sp³-hybridized carbons (Fsp3) is 0.684. The highest BCUT2D eigenvalue weighted by Crippen LogP contribution is 2.28. The third-order valence-electron chi connectivity index (χ3n) is 4.62. The number of nitrogens with zero attached hydrogens (tertiary/aromatic N) is 1. The number of unbranched alkanes of at least 4 members (excludes halogenated alkanes) is 5. The van der Waals surface area contributed by atoms with Crippen molar-refractivity contribution in [2.24, 2.45) is 0 Å². The van der Waals surface area contributed by atoms with Crippen LogP contribution in [0.5, 0.6) is 0 Å². The first kappa shape index (κ1) is 19.5. The molecule has 22 heavy (non-hydrogen) atoms. The second-order valence-electron chi connectivity index (χ2n) is 6.25. The number of ether oxygens (including phenoxy) is 1. The Labute approximate surface area is 142 Å². The highest BCUT2D eigenvalue weighted by Gasteiger charge is 2.29. The summed E-state index contributed by atoms with van der Waals surface area (Å²) in [5.41, 5.74) is 1.32. The van der Waals surface area contributed by atoms with Crippen LogP contribution in [0.3, 0.4) is 0 Å². The van der Waals surface area contributed by atoms with Crippen LogP contribution < -0.4 is 0 Å². The van der Waals surface area contributed by atoms with Gasteiger partial charge in [-0.2, -0.15) is 0 Å². The summed E-state index contributed by atoms with van der Waals surface area (Å²) in [7, 11) is 0. The second-order valence-corrected chi connectivity index (χ2v) is 6.25. The molecule has 3 heteroatoms. The fourth-order valence-corrected chi connectivity index (χ4v) is 3.26. The van der Waals surface area contributed by atoms with Crippen LogP contribution in [0.4, 0.5) is 0 Å². The Morgan fingerprint density at radius 2 is 1.73 bits per heavy atom. The molecule has 0 N–H and O–H groups in total. The summed E-state index contributed by atoms with van der Waals surface area (Å²) in [6.07, 6.45) is 8.47. The van der Waals surface area contributed by atoms with E-state index in [0.29, 0.717) is 6.04 Å². The van der Waals surface area contributed by atoms with Gasteiger partial charge in [-0.25, -0.2) is 0 Å². The zero-order valence-electron chi connectivity index (χ0n) is 14.2. The lowest BCUT2D eigenvalue weighted by Gasteiger charge is -2.39. The van der Waals surface area contributed by atoms with Gasteiger partial charge in [0.15, 0.2) is 0 Å². The summed E-state index contributed by atoms with van der Waals surface area (Å²) in [5, 5.41) is 0. The van der Waals surface area contributed by atoms with Crippen LogP contribution in [0.15, 0.2) is 30.3 Å². The Morgan fingerprint density at radius 3 is 2.45 bits per heavy atom. The van der Waals surface area contributed by atoms with E-state index in [1.807, 2.05) is 0 Å². The summed E-state index contributed by atoms with van der Waals surface area (Å²) in [6.45, 7) is 7.76. The van der Waals surface area contributed by atoms with E-state index in [-0.39, 0.29) is 18.5 Å². The molecule has 0 spiro atoms. The van der Waals surface area contributed by atoms with Crippen LogP contribution in [0.1, 0.15) is 64.0 Å². The minimum Gasteiger partial charge on any atom is -0.371 e. The number of morpholine rings is 1.